The number of primary amides is 1. The van der Waals surface area contributed by atoms with E-state index in [1.54, 1.807) is 12.1 Å². The van der Waals surface area contributed by atoms with E-state index < -0.39 is 5.91 Å². The average molecular weight is 156 g/mol. The van der Waals surface area contributed by atoms with Crippen molar-refractivity contribution >= 4 is 5.91 Å². The minimum atomic E-state index is -0.419. The molecule has 11 heavy (non-hydrogen) atoms. The standard InChI is InChI=1S/C6H6N2O.CH3F/c7-6(9)5-1-3-8-4-2-5;1-2/h1-4H,(H2,7,9);1H3. The molecule has 0 saturated heterocycles. The van der Waals surface area contributed by atoms with E-state index in [0.29, 0.717) is 12.7 Å². The van der Waals surface area contributed by atoms with Crippen molar-refractivity contribution in [1.29, 1.82) is 0 Å². The van der Waals surface area contributed by atoms with Crippen molar-refractivity contribution in [2.45, 2.75) is 0 Å². The highest BCUT2D eigenvalue weighted by Crippen LogP contribution is 1.91. The predicted molar refractivity (Wildman–Crippen MR) is 39.8 cm³/mol. The van der Waals surface area contributed by atoms with Gasteiger partial charge in [-0.2, -0.15) is 0 Å². The number of rotatable bonds is 1. The number of halogens is 1. The van der Waals surface area contributed by atoms with Gasteiger partial charge in [-0.15, -0.1) is 0 Å². The number of alkyl halides is 1. The van der Waals surface area contributed by atoms with Crippen LogP contribution in [0.5, 0.6) is 0 Å². The molecule has 0 saturated carbocycles. The number of nitrogens with zero attached hydrogens (tertiary/aromatic N) is 1. The zero-order valence-electron chi connectivity index (χ0n) is 6.12. The van der Waals surface area contributed by atoms with Crippen molar-refractivity contribution in [3.8, 4) is 0 Å². The van der Waals surface area contributed by atoms with Crippen molar-refractivity contribution in [2.75, 3.05) is 7.18 Å². The number of pyridine rings is 1. The quantitative estimate of drug-likeness (QED) is 0.652. The lowest BCUT2D eigenvalue weighted by Gasteiger charge is -1.88. The molecule has 60 valence electrons. The molecule has 0 radical (unpaired) electrons. The van der Waals surface area contributed by atoms with Crippen LogP contribution >= 0.6 is 0 Å². The van der Waals surface area contributed by atoms with Crippen LogP contribution in [-0.2, 0) is 0 Å². The molecular formula is C7H9FN2O. The smallest absolute Gasteiger partial charge is 0.248 e. The molecule has 2 N–H and O–H groups in total. The van der Waals surface area contributed by atoms with Crippen molar-refractivity contribution in [3.05, 3.63) is 30.1 Å². The Labute approximate surface area is 64.1 Å². The van der Waals surface area contributed by atoms with E-state index in [0.717, 1.165) is 0 Å². The van der Waals surface area contributed by atoms with Gasteiger partial charge in [0.15, 0.2) is 0 Å². The normalized spacial score (nSPS) is 7.82. The molecule has 1 amide bonds. The summed E-state index contributed by atoms with van der Waals surface area (Å²) in [5.74, 6) is -0.419. The number of amides is 1. The van der Waals surface area contributed by atoms with Gasteiger partial charge in [-0.3, -0.25) is 14.2 Å². The van der Waals surface area contributed by atoms with E-state index in [4.69, 9.17) is 5.73 Å². The lowest BCUT2D eigenvalue weighted by Crippen LogP contribution is -2.10. The fraction of sp³-hybridized carbons (Fsp3) is 0.143. The SMILES string of the molecule is CF.NC(=O)c1ccncc1. The molecule has 0 spiro atoms. The molecular weight excluding hydrogens is 147 g/mol. The van der Waals surface area contributed by atoms with E-state index in [9.17, 15) is 9.18 Å². The summed E-state index contributed by atoms with van der Waals surface area (Å²) in [4.78, 5) is 14.1. The summed E-state index contributed by atoms with van der Waals surface area (Å²) in [6.45, 7) is 0. The Kier molecular flexibility index (Phi) is 4.64. The molecule has 1 aromatic rings. The zero-order valence-corrected chi connectivity index (χ0v) is 6.12. The second kappa shape index (κ2) is 5.34. The average Bonchev–Trinajstić information content (AvgIpc) is 2.10. The maximum absolute atomic E-state index is 10.4. The van der Waals surface area contributed by atoms with E-state index >= 15 is 0 Å². The summed E-state index contributed by atoms with van der Waals surface area (Å²) >= 11 is 0. The monoisotopic (exact) mass is 156 g/mol. The summed E-state index contributed by atoms with van der Waals surface area (Å²) in [6, 6.07) is 3.14. The molecule has 1 aromatic heterocycles. The van der Waals surface area contributed by atoms with Gasteiger partial charge in [0.25, 0.3) is 0 Å². The third kappa shape index (κ3) is 3.30. The van der Waals surface area contributed by atoms with Gasteiger partial charge < -0.3 is 5.73 Å². The second-order valence-corrected chi connectivity index (χ2v) is 1.60. The van der Waals surface area contributed by atoms with Crippen LogP contribution in [0.1, 0.15) is 10.4 Å². The topological polar surface area (TPSA) is 56.0 Å². The number of hydrogen-bond donors (Lipinski definition) is 1. The van der Waals surface area contributed by atoms with Gasteiger partial charge in [0, 0.05) is 18.0 Å². The van der Waals surface area contributed by atoms with Crippen LogP contribution in [0, 0.1) is 0 Å². The highest BCUT2D eigenvalue weighted by atomic mass is 19.1. The zero-order chi connectivity index (χ0) is 8.69. The molecule has 1 rings (SSSR count). The van der Waals surface area contributed by atoms with Crippen LogP contribution in [-0.4, -0.2) is 18.1 Å². The maximum atomic E-state index is 10.4. The largest absolute Gasteiger partial charge is 0.366 e. The van der Waals surface area contributed by atoms with Crippen LogP contribution in [0.3, 0.4) is 0 Å². The fourth-order valence-corrected chi connectivity index (χ4v) is 0.516. The Morgan fingerprint density at radius 1 is 1.45 bits per heavy atom. The van der Waals surface area contributed by atoms with Gasteiger partial charge >= 0.3 is 0 Å². The molecule has 4 heteroatoms. The molecule has 0 unspecified atom stereocenters. The molecule has 0 aliphatic carbocycles. The first kappa shape index (κ1) is 9.55. The minimum Gasteiger partial charge on any atom is -0.366 e. The summed E-state index contributed by atoms with van der Waals surface area (Å²) in [7, 11) is 0.500. The molecule has 0 fully saturated rings. The van der Waals surface area contributed by atoms with E-state index in [1.807, 2.05) is 0 Å². The number of carbonyl (C=O) groups is 1. The Morgan fingerprint density at radius 2 is 1.91 bits per heavy atom. The first-order valence-corrected chi connectivity index (χ1v) is 2.88. The predicted octanol–water partition coefficient (Wildman–Crippen LogP) is 0.766. The maximum Gasteiger partial charge on any atom is 0.248 e. The van der Waals surface area contributed by atoms with Crippen molar-refractivity contribution in [1.82, 2.24) is 4.98 Å². The number of nitrogens with two attached hydrogens (primary N) is 1. The fourth-order valence-electron chi connectivity index (χ4n) is 0.516. The highest BCUT2D eigenvalue weighted by Gasteiger charge is 1.94. The molecule has 0 aliphatic rings. The van der Waals surface area contributed by atoms with Gasteiger partial charge in [-0.1, -0.05) is 0 Å². The Hall–Kier alpha value is -1.45. The minimum absolute atomic E-state index is 0.419. The van der Waals surface area contributed by atoms with Gasteiger partial charge in [0.2, 0.25) is 5.91 Å². The summed E-state index contributed by atoms with van der Waals surface area (Å²) in [5.41, 5.74) is 5.44. The molecule has 1 heterocycles. The molecule has 3 nitrogen and oxygen atoms in total. The van der Waals surface area contributed by atoms with Crippen molar-refractivity contribution < 1.29 is 9.18 Å². The van der Waals surface area contributed by atoms with Crippen molar-refractivity contribution in [2.24, 2.45) is 5.73 Å². The summed E-state index contributed by atoms with van der Waals surface area (Å²) in [6.07, 6.45) is 3.06. The van der Waals surface area contributed by atoms with E-state index in [1.165, 1.54) is 12.4 Å². The van der Waals surface area contributed by atoms with Crippen molar-refractivity contribution in [3.63, 3.8) is 0 Å². The van der Waals surface area contributed by atoms with Crippen LogP contribution in [0.2, 0.25) is 0 Å². The molecule has 0 atom stereocenters. The molecule has 0 aliphatic heterocycles. The van der Waals surface area contributed by atoms with Gasteiger partial charge in [-0.05, 0) is 12.1 Å². The molecule has 0 bridgehead atoms. The number of hydrogen-bond acceptors (Lipinski definition) is 2. The summed E-state index contributed by atoms with van der Waals surface area (Å²) in [5, 5.41) is 0. The lowest BCUT2D eigenvalue weighted by molar-refractivity contribution is 0.1000. The number of aromatic nitrogens is 1. The number of carbonyl (C=O) groups excluding carboxylic acids is 1. The third-order valence-electron chi connectivity index (χ3n) is 0.965. The van der Waals surface area contributed by atoms with Crippen LogP contribution in [0.25, 0.3) is 0 Å². The second-order valence-electron chi connectivity index (χ2n) is 1.60. The summed E-state index contributed by atoms with van der Waals surface area (Å²) < 4.78 is 9.50. The van der Waals surface area contributed by atoms with Gasteiger partial charge in [0.05, 0.1) is 7.18 Å². The van der Waals surface area contributed by atoms with Crippen LogP contribution < -0.4 is 5.73 Å². The highest BCUT2D eigenvalue weighted by molar-refractivity contribution is 5.92. The molecule has 0 aromatic carbocycles. The Morgan fingerprint density at radius 3 is 2.18 bits per heavy atom. The van der Waals surface area contributed by atoms with Crippen LogP contribution in [0.4, 0.5) is 4.39 Å². The first-order chi connectivity index (χ1) is 5.30. The van der Waals surface area contributed by atoms with E-state index in [2.05, 4.69) is 4.98 Å². The lowest BCUT2D eigenvalue weighted by atomic mass is 10.3. The Balaban J connectivity index is 0.000000461. The van der Waals surface area contributed by atoms with E-state index in [-0.39, 0.29) is 0 Å². The first-order valence-electron chi connectivity index (χ1n) is 2.88. The third-order valence-corrected chi connectivity index (χ3v) is 0.965. The van der Waals surface area contributed by atoms with Crippen LogP contribution in [0.15, 0.2) is 24.5 Å². The van der Waals surface area contributed by atoms with Gasteiger partial charge in [-0.25, -0.2) is 0 Å². The van der Waals surface area contributed by atoms with Gasteiger partial charge in [0.1, 0.15) is 0 Å². The Bertz CT molecular complexity index is 213.